The maximum Gasteiger partial charge on any atom is 0.193 e. The Labute approximate surface area is 152 Å². The van der Waals surface area contributed by atoms with E-state index >= 15 is 0 Å². The van der Waals surface area contributed by atoms with E-state index in [9.17, 15) is 0 Å². The molecular formula is C21H45N3. The molecular weight excluding hydrogens is 294 g/mol. The first kappa shape index (κ1) is 23.3. The van der Waals surface area contributed by atoms with Crippen LogP contribution in [0.1, 0.15) is 83.1 Å². The highest BCUT2D eigenvalue weighted by Crippen LogP contribution is 2.25. The molecule has 24 heavy (non-hydrogen) atoms. The second-order valence-electron chi connectivity index (χ2n) is 12.3. The van der Waals surface area contributed by atoms with Crippen molar-refractivity contribution in [2.75, 3.05) is 26.2 Å². The van der Waals surface area contributed by atoms with Crippen LogP contribution in [0.5, 0.6) is 0 Å². The lowest BCUT2D eigenvalue weighted by atomic mass is 9.91. The lowest BCUT2D eigenvalue weighted by Gasteiger charge is -2.43. The van der Waals surface area contributed by atoms with Gasteiger partial charge in [-0.15, -0.1) is 0 Å². The standard InChI is InChI=1S/C21H45N3/c1-18(2,3)13-23(14-19(4,5)6)17(22)24(15-20(7,8)9)16-21(10,11)12/h22H,13-16H2,1-12H3. The Kier molecular flexibility index (Phi) is 7.43. The Bertz CT molecular complexity index is 327. The highest BCUT2D eigenvalue weighted by atomic mass is 15.4. The highest BCUT2D eigenvalue weighted by Gasteiger charge is 2.30. The van der Waals surface area contributed by atoms with Crippen molar-refractivity contribution in [1.29, 1.82) is 5.41 Å². The Morgan fingerprint density at radius 2 is 0.667 bits per heavy atom. The zero-order valence-corrected chi connectivity index (χ0v) is 18.7. The van der Waals surface area contributed by atoms with Gasteiger partial charge in [0.15, 0.2) is 5.96 Å². The van der Waals surface area contributed by atoms with Gasteiger partial charge >= 0.3 is 0 Å². The van der Waals surface area contributed by atoms with Crippen molar-refractivity contribution in [3.05, 3.63) is 0 Å². The fraction of sp³-hybridized carbons (Fsp3) is 0.952. The van der Waals surface area contributed by atoms with Crippen LogP contribution in [0.3, 0.4) is 0 Å². The molecule has 3 heteroatoms. The van der Waals surface area contributed by atoms with E-state index in [1.54, 1.807) is 0 Å². The van der Waals surface area contributed by atoms with E-state index in [-0.39, 0.29) is 21.7 Å². The van der Waals surface area contributed by atoms with Crippen LogP contribution in [0.15, 0.2) is 0 Å². The molecule has 0 fully saturated rings. The summed E-state index contributed by atoms with van der Waals surface area (Å²) in [6.07, 6.45) is 0. The molecule has 0 radical (unpaired) electrons. The van der Waals surface area contributed by atoms with E-state index in [0.717, 1.165) is 26.2 Å². The number of nitrogens with zero attached hydrogens (tertiary/aromatic N) is 2. The number of rotatable bonds is 4. The predicted octanol–water partition coefficient (Wildman–Crippen LogP) is 5.71. The minimum absolute atomic E-state index is 0.173. The van der Waals surface area contributed by atoms with Gasteiger partial charge in [-0.25, -0.2) is 0 Å². The Balaban J connectivity index is 5.53. The summed E-state index contributed by atoms with van der Waals surface area (Å²) in [6.45, 7) is 30.7. The van der Waals surface area contributed by atoms with Gasteiger partial charge in [0, 0.05) is 26.2 Å². The molecule has 0 saturated heterocycles. The van der Waals surface area contributed by atoms with E-state index in [0.29, 0.717) is 5.96 Å². The molecule has 0 aliphatic heterocycles. The van der Waals surface area contributed by atoms with Crippen LogP contribution >= 0.6 is 0 Å². The third kappa shape index (κ3) is 11.8. The van der Waals surface area contributed by atoms with Crippen LogP contribution in [0.4, 0.5) is 0 Å². The normalized spacial score (nSPS) is 13.8. The Hall–Kier alpha value is -0.730. The van der Waals surface area contributed by atoms with Crippen LogP contribution in [0.2, 0.25) is 0 Å². The summed E-state index contributed by atoms with van der Waals surface area (Å²) < 4.78 is 0. The molecule has 0 amide bonds. The Morgan fingerprint density at radius 3 is 0.792 bits per heavy atom. The third-order valence-electron chi connectivity index (χ3n) is 3.26. The maximum atomic E-state index is 8.98. The molecule has 0 aromatic heterocycles. The van der Waals surface area contributed by atoms with Crippen LogP contribution in [0, 0.1) is 27.1 Å². The van der Waals surface area contributed by atoms with E-state index in [4.69, 9.17) is 5.41 Å². The van der Waals surface area contributed by atoms with E-state index in [1.807, 2.05) is 0 Å². The number of hydrogen-bond acceptors (Lipinski definition) is 1. The predicted molar refractivity (Wildman–Crippen MR) is 109 cm³/mol. The quantitative estimate of drug-likeness (QED) is 0.525. The van der Waals surface area contributed by atoms with Crippen molar-refractivity contribution < 1.29 is 0 Å². The van der Waals surface area contributed by atoms with Gasteiger partial charge in [0.25, 0.3) is 0 Å². The molecule has 0 bridgehead atoms. The average molecular weight is 340 g/mol. The van der Waals surface area contributed by atoms with Crippen molar-refractivity contribution in [1.82, 2.24) is 9.80 Å². The number of nitrogens with one attached hydrogen (secondary N) is 1. The van der Waals surface area contributed by atoms with E-state index < -0.39 is 0 Å². The van der Waals surface area contributed by atoms with Crippen molar-refractivity contribution in [2.24, 2.45) is 21.7 Å². The summed E-state index contributed by atoms with van der Waals surface area (Å²) in [5, 5.41) is 8.98. The monoisotopic (exact) mass is 339 g/mol. The molecule has 1 N–H and O–H groups in total. The minimum atomic E-state index is 0.173. The van der Waals surface area contributed by atoms with Crippen LogP contribution in [-0.2, 0) is 0 Å². The van der Waals surface area contributed by atoms with Gasteiger partial charge < -0.3 is 9.80 Å². The fourth-order valence-electron chi connectivity index (χ4n) is 2.90. The second kappa shape index (κ2) is 7.66. The molecule has 0 heterocycles. The third-order valence-corrected chi connectivity index (χ3v) is 3.26. The maximum absolute atomic E-state index is 8.98. The molecule has 0 atom stereocenters. The molecule has 0 aromatic rings. The SMILES string of the molecule is CC(C)(C)CN(CC(C)(C)C)C(=N)N(CC(C)(C)C)CC(C)(C)C. The van der Waals surface area contributed by atoms with E-state index in [1.165, 1.54) is 0 Å². The molecule has 144 valence electrons. The summed E-state index contributed by atoms with van der Waals surface area (Å²) in [5.74, 6) is 0.685. The summed E-state index contributed by atoms with van der Waals surface area (Å²) in [7, 11) is 0. The zero-order valence-electron chi connectivity index (χ0n) is 18.7. The summed E-state index contributed by atoms with van der Waals surface area (Å²) in [5.41, 5.74) is 0.693. The smallest absolute Gasteiger partial charge is 0.193 e. The molecule has 0 spiro atoms. The molecule has 3 nitrogen and oxygen atoms in total. The number of guanidine groups is 1. The van der Waals surface area contributed by atoms with Gasteiger partial charge in [-0.05, 0) is 21.7 Å². The summed E-state index contributed by atoms with van der Waals surface area (Å²) >= 11 is 0. The van der Waals surface area contributed by atoms with Crippen molar-refractivity contribution in [3.8, 4) is 0 Å². The number of hydrogen-bond donors (Lipinski definition) is 1. The first-order chi connectivity index (χ1) is 10.3. The molecule has 0 saturated carbocycles. The highest BCUT2D eigenvalue weighted by molar-refractivity contribution is 5.77. The first-order valence-electron chi connectivity index (χ1n) is 9.38. The lowest BCUT2D eigenvalue weighted by Crippen LogP contribution is -2.53. The van der Waals surface area contributed by atoms with Gasteiger partial charge in [-0.3, -0.25) is 5.41 Å². The van der Waals surface area contributed by atoms with Crippen LogP contribution in [0.25, 0.3) is 0 Å². The minimum Gasteiger partial charge on any atom is -0.342 e. The molecule has 0 aliphatic carbocycles. The zero-order chi connectivity index (χ0) is 19.6. The van der Waals surface area contributed by atoms with Gasteiger partial charge in [-0.2, -0.15) is 0 Å². The lowest BCUT2D eigenvalue weighted by molar-refractivity contribution is 0.154. The van der Waals surface area contributed by atoms with Gasteiger partial charge in [-0.1, -0.05) is 83.1 Å². The van der Waals surface area contributed by atoms with Crippen molar-refractivity contribution in [3.63, 3.8) is 0 Å². The van der Waals surface area contributed by atoms with E-state index in [2.05, 4.69) is 92.9 Å². The second-order valence-corrected chi connectivity index (χ2v) is 12.3. The molecule has 0 rings (SSSR count). The van der Waals surface area contributed by atoms with Crippen molar-refractivity contribution in [2.45, 2.75) is 83.1 Å². The van der Waals surface area contributed by atoms with Crippen molar-refractivity contribution >= 4 is 5.96 Å². The first-order valence-corrected chi connectivity index (χ1v) is 9.38. The molecule has 0 aliphatic rings. The fourth-order valence-corrected chi connectivity index (χ4v) is 2.90. The average Bonchev–Trinajstić information content (AvgIpc) is 2.17. The Morgan fingerprint density at radius 1 is 0.500 bits per heavy atom. The summed E-state index contributed by atoms with van der Waals surface area (Å²) in [4.78, 5) is 4.58. The molecule has 0 aromatic carbocycles. The molecule has 0 unspecified atom stereocenters. The van der Waals surface area contributed by atoms with Gasteiger partial charge in [0.1, 0.15) is 0 Å². The van der Waals surface area contributed by atoms with Gasteiger partial charge in [0.2, 0.25) is 0 Å². The van der Waals surface area contributed by atoms with Gasteiger partial charge in [0.05, 0.1) is 0 Å². The van der Waals surface area contributed by atoms with Crippen LogP contribution < -0.4 is 0 Å². The van der Waals surface area contributed by atoms with Crippen LogP contribution in [-0.4, -0.2) is 41.9 Å². The summed E-state index contributed by atoms with van der Waals surface area (Å²) in [6, 6.07) is 0. The largest absolute Gasteiger partial charge is 0.342 e. The topological polar surface area (TPSA) is 30.3 Å².